The third-order valence-corrected chi connectivity index (χ3v) is 5.20. The summed E-state index contributed by atoms with van der Waals surface area (Å²) in [5.41, 5.74) is 0. The molecule has 0 bridgehead atoms. The first-order valence-electron chi connectivity index (χ1n) is 5.66. The monoisotopic (exact) mass is 303 g/mol. The Kier molecular flexibility index (Phi) is 5.84. The number of sulfonamides is 1. The number of methoxy groups -OCH3 is 1. The van der Waals surface area contributed by atoms with Crippen LogP contribution in [-0.2, 0) is 19.6 Å². The van der Waals surface area contributed by atoms with Gasteiger partial charge in [-0.2, -0.15) is 0 Å². The standard InChI is InChI=1S/C12H17NO4S2/c1-9(8-12(14)17-3)18-10-6-4-5-7-11(10)19(15,16)13-2/h4-7,9,13H,8H2,1-3H3. The highest BCUT2D eigenvalue weighted by molar-refractivity contribution is 8.00. The zero-order valence-electron chi connectivity index (χ0n) is 11.0. The summed E-state index contributed by atoms with van der Waals surface area (Å²) < 4.78 is 30.6. The number of esters is 1. The van der Waals surface area contributed by atoms with E-state index in [2.05, 4.69) is 9.46 Å². The van der Waals surface area contributed by atoms with Gasteiger partial charge in [0.05, 0.1) is 18.4 Å². The number of carbonyl (C=O) groups is 1. The van der Waals surface area contributed by atoms with E-state index in [-0.39, 0.29) is 22.5 Å². The summed E-state index contributed by atoms with van der Waals surface area (Å²) >= 11 is 1.34. The van der Waals surface area contributed by atoms with Gasteiger partial charge in [-0.05, 0) is 19.2 Å². The normalized spacial score (nSPS) is 13.0. The lowest BCUT2D eigenvalue weighted by atomic mass is 10.3. The molecule has 1 aromatic carbocycles. The van der Waals surface area contributed by atoms with Gasteiger partial charge in [0.1, 0.15) is 0 Å². The molecule has 0 heterocycles. The van der Waals surface area contributed by atoms with E-state index in [1.165, 1.54) is 25.9 Å². The minimum atomic E-state index is -3.50. The zero-order valence-corrected chi connectivity index (χ0v) is 12.7. The fourth-order valence-electron chi connectivity index (χ4n) is 1.46. The van der Waals surface area contributed by atoms with Crippen LogP contribution in [0.5, 0.6) is 0 Å². The fraction of sp³-hybridized carbons (Fsp3) is 0.417. The number of benzene rings is 1. The maximum absolute atomic E-state index is 11.9. The second-order valence-corrected chi connectivity index (χ2v) is 7.20. The van der Waals surface area contributed by atoms with Crippen LogP contribution in [0.15, 0.2) is 34.1 Å². The number of hydrogen-bond acceptors (Lipinski definition) is 5. The molecule has 1 atom stereocenters. The van der Waals surface area contributed by atoms with Gasteiger partial charge in [-0.1, -0.05) is 19.1 Å². The van der Waals surface area contributed by atoms with E-state index in [9.17, 15) is 13.2 Å². The average Bonchev–Trinajstić information content (AvgIpc) is 2.38. The SMILES string of the molecule is CNS(=O)(=O)c1ccccc1SC(C)CC(=O)OC. The first-order valence-corrected chi connectivity index (χ1v) is 8.03. The van der Waals surface area contributed by atoms with Gasteiger partial charge in [0, 0.05) is 10.1 Å². The second-order valence-electron chi connectivity index (χ2n) is 3.86. The van der Waals surface area contributed by atoms with Crippen LogP contribution in [-0.4, -0.2) is 33.8 Å². The molecule has 0 amide bonds. The minimum absolute atomic E-state index is 0.0688. The molecular formula is C12H17NO4S2. The van der Waals surface area contributed by atoms with Crippen molar-refractivity contribution in [1.29, 1.82) is 0 Å². The summed E-state index contributed by atoms with van der Waals surface area (Å²) in [7, 11) is -0.793. The summed E-state index contributed by atoms with van der Waals surface area (Å²) in [5.74, 6) is -0.311. The molecule has 0 aliphatic heterocycles. The van der Waals surface area contributed by atoms with Crippen LogP contribution in [0.3, 0.4) is 0 Å². The summed E-state index contributed by atoms with van der Waals surface area (Å²) in [6, 6.07) is 6.70. The largest absolute Gasteiger partial charge is 0.469 e. The Morgan fingerprint density at radius 1 is 1.42 bits per heavy atom. The van der Waals surface area contributed by atoms with Gasteiger partial charge in [0.15, 0.2) is 0 Å². The highest BCUT2D eigenvalue weighted by atomic mass is 32.2. The summed E-state index contributed by atoms with van der Waals surface area (Å²) in [6.45, 7) is 1.85. The Morgan fingerprint density at radius 3 is 2.63 bits per heavy atom. The number of hydrogen-bond donors (Lipinski definition) is 1. The quantitative estimate of drug-likeness (QED) is 0.639. The predicted octanol–water partition coefficient (Wildman–Crippen LogP) is 1.64. The highest BCUT2D eigenvalue weighted by Gasteiger charge is 2.19. The molecule has 1 N–H and O–H groups in total. The number of nitrogens with one attached hydrogen (secondary N) is 1. The van der Waals surface area contributed by atoms with E-state index in [4.69, 9.17) is 0 Å². The van der Waals surface area contributed by atoms with Crippen LogP contribution in [0.25, 0.3) is 0 Å². The van der Waals surface area contributed by atoms with Crippen molar-refractivity contribution in [2.45, 2.75) is 28.4 Å². The van der Waals surface area contributed by atoms with E-state index < -0.39 is 10.0 Å². The highest BCUT2D eigenvalue weighted by Crippen LogP contribution is 2.30. The van der Waals surface area contributed by atoms with Crippen LogP contribution >= 0.6 is 11.8 Å². The van der Waals surface area contributed by atoms with Crippen molar-refractivity contribution in [2.75, 3.05) is 14.2 Å². The van der Waals surface area contributed by atoms with Crippen molar-refractivity contribution < 1.29 is 17.9 Å². The molecule has 0 aromatic heterocycles. The second kappa shape index (κ2) is 6.93. The van der Waals surface area contributed by atoms with Crippen LogP contribution in [0.2, 0.25) is 0 Å². The lowest BCUT2D eigenvalue weighted by molar-refractivity contribution is -0.140. The van der Waals surface area contributed by atoms with Crippen molar-refractivity contribution in [3.63, 3.8) is 0 Å². The Hall–Kier alpha value is -1.05. The molecule has 0 saturated heterocycles. The zero-order chi connectivity index (χ0) is 14.5. The van der Waals surface area contributed by atoms with Crippen LogP contribution in [0, 0.1) is 0 Å². The summed E-state index contributed by atoms with van der Waals surface area (Å²) in [4.78, 5) is 12.0. The van der Waals surface area contributed by atoms with Crippen LogP contribution in [0.4, 0.5) is 0 Å². The van der Waals surface area contributed by atoms with Gasteiger partial charge in [-0.3, -0.25) is 4.79 Å². The third kappa shape index (κ3) is 4.52. The third-order valence-electron chi connectivity index (χ3n) is 2.42. The summed E-state index contributed by atoms with van der Waals surface area (Å²) in [6.07, 6.45) is 0.231. The van der Waals surface area contributed by atoms with Crippen LogP contribution in [0.1, 0.15) is 13.3 Å². The molecule has 0 aliphatic rings. The van der Waals surface area contributed by atoms with Crippen molar-refractivity contribution in [3.8, 4) is 0 Å². The van der Waals surface area contributed by atoms with Gasteiger partial charge in [-0.15, -0.1) is 11.8 Å². The maximum atomic E-state index is 11.9. The van der Waals surface area contributed by atoms with Crippen molar-refractivity contribution in [3.05, 3.63) is 24.3 Å². The molecule has 106 valence electrons. The Balaban J connectivity index is 2.93. The first-order chi connectivity index (χ1) is 8.90. The Labute approximate surface area is 117 Å². The molecule has 1 unspecified atom stereocenters. The molecule has 7 heteroatoms. The van der Waals surface area contributed by atoms with Gasteiger partial charge in [0.2, 0.25) is 10.0 Å². The number of rotatable bonds is 6. The lowest BCUT2D eigenvalue weighted by Gasteiger charge is -2.13. The van der Waals surface area contributed by atoms with Crippen molar-refractivity contribution >= 4 is 27.8 Å². The van der Waals surface area contributed by atoms with Gasteiger partial charge < -0.3 is 4.74 Å². The van der Waals surface area contributed by atoms with Gasteiger partial charge in [-0.25, -0.2) is 13.1 Å². The minimum Gasteiger partial charge on any atom is -0.469 e. The first kappa shape index (κ1) is 16.0. The van der Waals surface area contributed by atoms with E-state index in [1.807, 2.05) is 6.92 Å². The van der Waals surface area contributed by atoms with Crippen molar-refractivity contribution in [1.82, 2.24) is 4.72 Å². The van der Waals surface area contributed by atoms with E-state index in [1.54, 1.807) is 24.3 Å². The molecule has 1 rings (SSSR count). The lowest BCUT2D eigenvalue weighted by Crippen LogP contribution is -2.19. The molecular weight excluding hydrogens is 286 g/mol. The van der Waals surface area contributed by atoms with E-state index in [0.29, 0.717) is 4.90 Å². The smallest absolute Gasteiger partial charge is 0.306 e. The van der Waals surface area contributed by atoms with E-state index >= 15 is 0 Å². The average molecular weight is 303 g/mol. The Morgan fingerprint density at radius 2 is 2.05 bits per heavy atom. The molecule has 5 nitrogen and oxygen atoms in total. The molecule has 0 radical (unpaired) electrons. The van der Waals surface area contributed by atoms with Crippen molar-refractivity contribution in [2.24, 2.45) is 0 Å². The van der Waals surface area contributed by atoms with Crippen LogP contribution < -0.4 is 4.72 Å². The molecule has 0 spiro atoms. The fourth-order valence-corrected chi connectivity index (χ4v) is 3.73. The van der Waals surface area contributed by atoms with Gasteiger partial charge >= 0.3 is 5.97 Å². The topological polar surface area (TPSA) is 72.5 Å². The maximum Gasteiger partial charge on any atom is 0.306 e. The molecule has 0 saturated carbocycles. The van der Waals surface area contributed by atoms with E-state index in [0.717, 1.165) is 0 Å². The summed E-state index contributed by atoms with van der Waals surface area (Å²) in [5, 5.41) is -0.0688. The molecule has 0 fully saturated rings. The number of carbonyl (C=O) groups excluding carboxylic acids is 1. The van der Waals surface area contributed by atoms with Gasteiger partial charge in [0.25, 0.3) is 0 Å². The molecule has 1 aromatic rings. The Bertz CT molecular complexity index is 542. The number of thioether (sulfide) groups is 1. The molecule has 0 aliphatic carbocycles. The predicted molar refractivity (Wildman–Crippen MR) is 74.6 cm³/mol. The molecule has 19 heavy (non-hydrogen) atoms. The number of ether oxygens (including phenoxy) is 1.